The van der Waals surface area contributed by atoms with Crippen molar-refractivity contribution in [2.24, 2.45) is 0 Å². The van der Waals surface area contributed by atoms with Crippen LogP contribution in [0.5, 0.6) is 0 Å². The molecule has 0 atom stereocenters. The maximum atomic E-state index is 11.6. The minimum absolute atomic E-state index is 0.129. The highest BCUT2D eigenvalue weighted by Gasteiger charge is 2.35. The summed E-state index contributed by atoms with van der Waals surface area (Å²) < 4.78 is 23.2. The molecule has 7 heteroatoms. The third-order valence-corrected chi connectivity index (χ3v) is 4.59. The summed E-state index contributed by atoms with van der Waals surface area (Å²) >= 11 is 0. The molecule has 0 radical (unpaired) electrons. The molecule has 0 bridgehead atoms. The lowest BCUT2D eigenvalue weighted by Gasteiger charge is -2.01. The number of rotatable bonds is 4. The van der Waals surface area contributed by atoms with Gasteiger partial charge in [0.2, 0.25) is 0 Å². The number of nitrogens with zero attached hydrogens (tertiary/aromatic N) is 2. The molecule has 0 aromatic carbocycles. The molecule has 1 aromatic rings. The largest absolute Gasteiger partial charge is 0.287 e. The molecule has 2 rings (SSSR count). The molecule has 1 aliphatic rings. The van der Waals surface area contributed by atoms with Crippen LogP contribution in [-0.2, 0) is 15.6 Å². The zero-order chi connectivity index (χ0) is 11.8. The minimum Gasteiger partial charge on any atom is -0.258 e. The first-order valence-electron chi connectivity index (χ1n) is 4.80. The molecule has 1 heterocycles. The average molecular weight is 242 g/mol. The van der Waals surface area contributed by atoms with Crippen LogP contribution in [-0.4, -0.2) is 23.6 Å². The topological polar surface area (TPSA) is 90.2 Å². The third kappa shape index (κ3) is 2.35. The van der Waals surface area contributed by atoms with Crippen molar-refractivity contribution in [3.05, 3.63) is 34.1 Å². The minimum atomic E-state index is -3.11. The maximum absolute atomic E-state index is 11.6. The lowest BCUT2D eigenvalue weighted by molar-refractivity contribution is -0.385. The van der Waals surface area contributed by atoms with Crippen molar-refractivity contribution in [2.75, 3.05) is 0 Å². The van der Waals surface area contributed by atoms with Gasteiger partial charge in [0.25, 0.3) is 5.69 Å². The van der Waals surface area contributed by atoms with Crippen LogP contribution in [0.25, 0.3) is 0 Å². The van der Waals surface area contributed by atoms with E-state index in [1.807, 2.05) is 0 Å². The fraction of sp³-hybridized carbons (Fsp3) is 0.444. The van der Waals surface area contributed by atoms with Crippen LogP contribution < -0.4 is 0 Å². The molecule has 86 valence electrons. The Labute approximate surface area is 92.4 Å². The van der Waals surface area contributed by atoms with E-state index in [-0.39, 0.29) is 16.7 Å². The van der Waals surface area contributed by atoms with Crippen molar-refractivity contribution in [1.29, 1.82) is 0 Å². The Morgan fingerprint density at radius 2 is 2.12 bits per heavy atom. The van der Waals surface area contributed by atoms with Gasteiger partial charge in [-0.3, -0.25) is 15.1 Å². The van der Waals surface area contributed by atoms with E-state index in [9.17, 15) is 18.5 Å². The standard InChI is InChI=1S/C9H10N2O4S/c12-11(13)8-2-1-7(10-5-8)6-16(14,15)9-3-4-9/h1-2,5,9H,3-4,6H2. The van der Waals surface area contributed by atoms with Gasteiger partial charge in [-0.25, -0.2) is 8.42 Å². The maximum Gasteiger partial charge on any atom is 0.287 e. The predicted molar refractivity (Wildman–Crippen MR) is 56.5 cm³/mol. The number of hydrogen-bond acceptors (Lipinski definition) is 5. The smallest absolute Gasteiger partial charge is 0.258 e. The van der Waals surface area contributed by atoms with Gasteiger partial charge in [0, 0.05) is 6.07 Å². The van der Waals surface area contributed by atoms with E-state index in [2.05, 4.69) is 4.98 Å². The molecule has 0 saturated heterocycles. The molecule has 0 amide bonds. The van der Waals surface area contributed by atoms with Crippen LogP contribution in [0.4, 0.5) is 5.69 Å². The number of pyridine rings is 1. The van der Waals surface area contributed by atoms with Gasteiger partial charge in [0.1, 0.15) is 6.20 Å². The van der Waals surface area contributed by atoms with Gasteiger partial charge in [-0.15, -0.1) is 0 Å². The van der Waals surface area contributed by atoms with Gasteiger partial charge in [0.05, 0.1) is 21.6 Å². The molecular formula is C9H10N2O4S. The Balaban J connectivity index is 2.13. The van der Waals surface area contributed by atoms with Crippen molar-refractivity contribution in [3.8, 4) is 0 Å². The summed E-state index contributed by atoms with van der Waals surface area (Å²) in [6.07, 6.45) is 2.52. The highest BCUT2D eigenvalue weighted by atomic mass is 32.2. The van der Waals surface area contributed by atoms with E-state index in [0.29, 0.717) is 5.69 Å². The van der Waals surface area contributed by atoms with E-state index in [1.54, 1.807) is 0 Å². The summed E-state index contributed by atoms with van der Waals surface area (Å²) in [6, 6.07) is 2.66. The Hall–Kier alpha value is -1.50. The lowest BCUT2D eigenvalue weighted by Crippen LogP contribution is -2.10. The van der Waals surface area contributed by atoms with Crippen LogP contribution in [0, 0.1) is 10.1 Å². The number of aromatic nitrogens is 1. The van der Waals surface area contributed by atoms with Crippen LogP contribution in [0.2, 0.25) is 0 Å². The molecule has 0 spiro atoms. The first-order chi connectivity index (χ1) is 7.49. The van der Waals surface area contributed by atoms with Gasteiger partial charge >= 0.3 is 0 Å². The first kappa shape index (κ1) is 11.0. The monoisotopic (exact) mass is 242 g/mol. The molecule has 0 unspecified atom stereocenters. The Morgan fingerprint density at radius 3 is 2.56 bits per heavy atom. The average Bonchev–Trinajstić information content (AvgIpc) is 3.01. The van der Waals surface area contributed by atoms with Gasteiger partial charge < -0.3 is 0 Å². The second-order valence-corrected chi connectivity index (χ2v) is 6.05. The van der Waals surface area contributed by atoms with E-state index in [4.69, 9.17) is 0 Å². The fourth-order valence-corrected chi connectivity index (χ4v) is 3.03. The summed E-state index contributed by atoms with van der Waals surface area (Å²) in [5.41, 5.74) is 0.227. The quantitative estimate of drug-likeness (QED) is 0.581. The van der Waals surface area contributed by atoms with Gasteiger partial charge in [-0.1, -0.05) is 0 Å². The van der Waals surface area contributed by atoms with Gasteiger partial charge in [-0.05, 0) is 18.9 Å². The molecule has 1 fully saturated rings. The molecule has 1 aromatic heterocycles. The van der Waals surface area contributed by atoms with Crippen LogP contribution in [0.3, 0.4) is 0 Å². The Kier molecular flexibility index (Phi) is 2.63. The number of hydrogen-bond donors (Lipinski definition) is 0. The lowest BCUT2D eigenvalue weighted by atomic mass is 10.3. The normalized spacial score (nSPS) is 16.0. The highest BCUT2D eigenvalue weighted by molar-refractivity contribution is 7.91. The fourth-order valence-electron chi connectivity index (χ4n) is 1.36. The summed E-state index contributed by atoms with van der Waals surface area (Å²) in [5.74, 6) is -0.129. The molecular weight excluding hydrogens is 232 g/mol. The van der Waals surface area contributed by atoms with Gasteiger partial charge in [-0.2, -0.15) is 0 Å². The number of nitro groups is 1. The second-order valence-electron chi connectivity index (χ2n) is 3.77. The van der Waals surface area contributed by atoms with Crippen molar-refractivity contribution in [1.82, 2.24) is 4.98 Å². The van der Waals surface area contributed by atoms with E-state index >= 15 is 0 Å². The predicted octanol–water partition coefficient (Wildman–Crippen LogP) is 1.07. The Bertz CT molecular complexity index is 505. The summed E-state index contributed by atoms with van der Waals surface area (Å²) in [7, 11) is -3.11. The molecule has 1 saturated carbocycles. The van der Waals surface area contributed by atoms with Crippen molar-refractivity contribution in [3.63, 3.8) is 0 Å². The molecule has 16 heavy (non-hydrogen) atoms. The summed E-state index contributed by atoms with van der Waals surface area (Å²) in [4.78, 5) is 13.6. The summed E-state index contributed by atoms with van der Waals surface area (Å²) in [5, 5.41) is 10.1. The zero-order valence-electron chi connectivity index (χ0n) is 8.37. The second kappa shape index (κ2) is 3.82. The van der Waals surface area contributed by atoms with Crippen LogP contribution in [0.15, 0.2) is 18.3 Å². The highest BCUT2D eigenvalue weighted by Crippen LogP contribution is 2.30. The SMILES string of the molecule is O=[N+]([O-])c1ccc(CS(=O)(=O)C2CC2)nc1. The van der Waals surface area contributed by atoms with Crippen LogP contribution >= 0.6 is 0 Å². The van der Waals surface area contributed by atoms with Crippen molar-refractivity contribution in [2.45, 2.75) is 23.8 Å². The number of sulfone groups is 1. The first-order valence-corrected chi connectivity index (χ1v) is 6.51. The van der Waals surface area contributed by atoms with E-state index < -0.39 is 14.8 Å². The zero-order valence-corrected chi connectivity index (χ0v) is 9.18. The van der Waals surface area contributed by atoms with Crippen molar-refractivity contribution < 1.29 is 13.3 Å². The molecule has 0 N–H and O–H groups in total. The summed E-state index contributed by atoms with van der Waals surface area (Å²) in [6.45, 7) is 0. The molecule has 1 aliphatic carbocycles. The molecule has 0 aliphatic heterocycles. The van der Waals surface area contributed by atoms with Crippen LogP contribution in [0.1, 0.15) is 18.5 Å². The van der Waals surface area contributed by atoms with Crippen molar-refractivity contribution >= 4 is 15.5 Å². The van der Waals surface area contributed by atoms with E-state index in [1.165, 1.54) is 12.1 Å². The van der Waals surface area contributed by atoms with Gasteiger partial charge in [0.15, 0.2) is 9.84 Å². The van der Waals surface area contributed by atoms with E-state index in [0.717, 1.165) is 19.0 Å². The Morgan fingerprint density at radius 1 is 1.44 bits per heavy atom. The molecule has 6 nitrogen and oxygen atoms in total. The third-order valence-electron chi connectivity index (χ3n) is 2.40.